The van der Waals surface area contributed by atoms with Crippen LogP contribution >= 0.6 is 0 Å². The SMILES string of the molecule is Cc1ccc2c(c1)C1(OCCO1)c1cc(C)ccc1-2. The van der Waals surface area contributed by atoms with E-state index >= 15 is 0 Å². The van der Waals surface area contributed by atoms with Gasteiger partial charge in [0.1, 0.15) is 0 Å². The second-order valence-corrected chi connectivity index (χ2v) is 5.41. The summed E-state index contributed by atoms with van der Waals surface area (Å²) in [5.41, 5.74) is 7.27. The second kappa shape index (κ2) is 3.69. The van der Waals surface area contributed by atoms with Crippen molar-refractivity contribution in [1.82, 2.24) is 0 Å². The Morgan fingerprint density at radius 3 is 1.74 bits per heavy atom. The maximum absolute atomic E-state index is 6.04. The maximum atomic E-state index is 6.04. The van der Waals surface area contributed by atoms with Crippen LogP contribution in [0, 0.1) is 13.8 Å². The molecule has 1 aliphatic carbocycles. The normalized spacial score (nSPS) is 18.6. The van der Waals surface area contributed by atoms with Gasteiger partial charge in [0, 0.05) is 11.1 Å². The van der Waals surface area contributed by atoms with Crippen molar-refractivity contribution >= 4 is 0 Å². The van der Waals surface area contributed by atoms with Crippen LogP contribution in [-0.2, 0) is 15.3 Å². The monoisotopic (exact) mass is 252 g/mol. The van der Waals surface area contributed by atoms with E-state index in [0.29, 0.717) is 13.2 Å². The number of aryl methyl sites for hydroxylation is 2. The van der Waals surface area contributed by atoms with E-state index in [1.165, 1.54) is 22.3 Å². The summed E-state index contributed by atoms with van der Waals surface area (Å²) in [4.78, 5) is 0. The van der Waals surface area contributed by atoms with Gasteiger partial charge >= 0.3 is 0 Å². The first kappa shape index (κ1) is 11.2. The van der Waals surface area contributed by atoms with Crippen molar-refractivity contribution in [1.29, 1.82) is 0 Å². The molecule has 1 heterocycles. The van der Waals surface area contributed by atoms with Gasteiger partial charge in [-0.3, -0.25) is 0 Å². The van der Waals surface area contributed by atoms with E-state index in [2.05, 4.69) is 50.2 Å². The van der Waals surface area contributed by atoms with Gasteiger partial charge < -0.3 is 9.47 Å². The molecule has 2 aromatic rings. The smallest absolute Gasteiger partial charge is 0.223 e. The van der Waals surface area contributed by atoms with Gasteiger partial charge in [-0.2, -0.15) is 0 Å². The van der Waals surface area contributed by atoms with Crippen molar-refractivity contribution in [3.63, 3.8) is 0 Å². The highest BCUT2D eigenvalue weighted by molar-refractivity contribution is 5.80. The molecule has 0 amide bonds. The van der Waals surface area contributed by atoms with Crippen LogP contribution in [0.2, 0.25) is 0 Å². The summed E-state index contributed by atoms with van der Waals surface area (Å²) < 4.78 is 12.1. The largest absolute Gasteiger partial charge is 0.340 e. The summed E-state index contributed by atoms with van der Waals surface area (Å²) in [7, 11) is 0. The number of hydrogen-bond acceptors (Lipinski definition) is 2. The molecule has 0 aromatic heterocycles. The average Bonchev–Trinajstić information content (AvgIpc) is 2.97. The van der Waals surface area contributed by atoms with E-state index < -0.39 is 5.79 Å². The number of rotatable bonds is 0. The molecule has 0 N–H and O–H groups in total. The number of ether oxygens (including phenoxy) is 2. The standard InChI is InChI=1S/C17H16O2/c1-11-3-5-13-14-6-4-12(2)10-16(14)17(15(13)9-11)18-7-8-19-17/h3-6,9-10H,7-8H2,1-2H3. The zero-order chi connectivity index (χ0) is 13.0. The lowest BCUT2D eigenvalue weighted by molar-refractivity contribution is -0.126. The van der Waals surface area contributed by atoms with E-state index in [0.717, 1.165) is 11.1 Å². The zero-order valence-corrected chi connectivity index (χ0v) is 11.2. The molecule has 0 saturated carbocycles. The van der Waals surface area contributed by atoms with Gasteiger partial charge in [0.15, 0.2) is 0 Å². The molecule has 0 atom stereocenters. The highest BCUT2D eigenvalue weighted by Gasteiger charge is 2.48. The quantitative estimate of drug-likeness (QED) is 0.714. The maximum Gasteiger partial charge on any atom is 0.223 e. The van der Waals surface area contributed by atoms with Crippen LogP contribution in [0.1, 0.15) is 22.3 Å². The molecule has 0 unspecified atom stereocenters. The Kier molecular flexibility index (Phi) is 2.17. The van der Waals surface area contributed by atoms with Gasteiger partial charge in [0.25, 0.3) is 0 Å². The summed E-state index contributed by atoms with van der Waals surface area (Å²) in [6.45, 7) is 5.52. The molecule has 2 aliphatic rings. The van der Waals surface area contributed by atoms with E-state index in [9.17, 15) is 0 Å². The third-order valence-corrected chi connectivity index (χ3v) is 4.04. The molecule has 0 radical (unpaired) electrons. The van der Waals surface area contributed by atoms with Crippen molar-refractivity contribution in [2.24, 2.45) is 0 Å². The van der Waals surface area contributed by atoms with Crippen LogP contribution in [0.15, 0.2) is 36.4 Å². The van der Waals surface area contributed by atoms with Gasteiger partial charge in [-0.1, -0.05) is 35.4 Å². The lowest BCUT2D eigenvalue weighted by atomic mass is 10.0. The second-order valence-electron chi connectivity index (χ2n) is 5.41. The molecule has 96 valence electrons. The fourth-order valence-corrected chi connectivity index (χ4v) is 3.20. The molecule has 1 fully saturated rings. The molecular weight excluding hydrogens is 236 g/mol. The first-order valence-corrected chi connectivity index (χ1v) is 6.71. The molecular formula is C17H16O2. The first-order valence-electron chi connectivity index (χ1n) is 6.71. The Labute approximate surface area is 113 Å². The molecule has 19 heavy (non-hydrogen) atoms. The van der Waals surface area contributed by atoms with Gasteiger partial charge in [0.2, 0.25) is 5.79 Å². The van der Waals surface area contributed by atoms with Gasteiger partial charge in [0.05, 0.1) is 13.2 Å². The Balaban J connectivity index is 2.07. The Hall–Kier alpha value is -1.64. The minimum absolute atomic E-state index is 0.654. The third kappa shape index (κ3) is 1.38. The minimum Gasteiger partial charge on any atom is -0.340 e. The van der Waals surface area contributed by atoms with Crippen molar-refractivity contribution in [2.75, 3.05) is 13.2 Å². The molecule has 0 bridgehead atoms. The summed E-state index contributed by atoms with van der Waals surface area (Å²) in [5, 5.41) is 0. The van der Waals surface area contributed by atoms with Crippen LogP contribution < -0.4 is 0 Å². The highest BCUT2D eigenvalue weighted by Crippen LogP contribution is 2.52. The van der Waals surface area contributed by atoms with Crippen LogP contribution in [0.25, 0.3) is 11.1 Å². The highest BCUT2D eigenvalue weighted by atomic mass is 16.7. The van der Waals surface area contributed by atoms with Crippen molar-refractivity contribution in [3.8, 4) is 11.1 Å². The number of fused-ring (bicyclic) bond motifs is 5. The van der Waals surface area contributed by atoms with E-state index in [1.54, 1.807) is 0 Å². The molecule has 1 saturated heterocycles. The van der Waals surface area contributed by atoms with Gasteiger partial charge in [-0.05, 0) is 37.1 Å². The summed E-state index contributed by atoms with van der Waals surface area (Å²) in [6, 6.07) is 13.0. The fourth-order valence-electron chi connectivity index (χ4n) is 3.20. The van der Waals surface area contributed by atoms with Crippen LogP contribution in [0.5, 0.6) is 0 Å². The molecule has 2 heteroatoms. The Morgan fingerprint density at radius 2 is 1.26 bits per heavy atom. The molecule has 2 nitrogen and oxygen atoms in total. The van der Waals surface area contributed by atoms with Crippen LogP contribution in [-0.4, -0.2) is 13.2 Å². The lowest BCUT2D eigenvalue weighted by Gasteiger charge is -2.25. The Morgan fingerprint density at radius 1 is 0.789 bits per heavy atom. The topological polar surface area (TPSA) is 18.5 Å². The third-order valence-electron chi connectivity index (χ3n) is 4.04. The minimum atomic E-state index is -0.664. The molecule has 1 spiro atoms. The molecule has 4 rings (SSSR count). The van der Waals surface area contributed by atoms with Gasteiger partial charge in [-0.15, -0.1) is 0 Å². The Bertz CT molecular complexity index is 613. The summed E-state index contributed by atoms with van der Waals surface area (Å²) in [5.74, 6) is -0.664. The van der Waals surface area contributed by atoms with Crippen molar-refractivity contribution in [3.05, 3.63) is 58.7 Å². The van der Waals surface area contributed by atoms with Crippen LogP contribution in [0.3, 0.4) is 0 Å². The number of hydrogen-bond donors (Lipinski definition) is 0. The van der Waals surface area contributed by atoms with E-state index in [4.69, 9.17) is 9.47 Å². The first-order chi connectivity index (χ1) is 9.21. The lowest BCUT2D eigenvalue weighted by Crippen LogP contribution is -2.26. The fraction of sp³-hybridized carbons (Fsp3) is 0.294. The van der Waals surface area contributed by atoms with Crippen molar-refractivity contribution < 1.29 is 9.47 Å². The van der Waals surface area contributed by atoms with Crippen LogP contribution in [0.4, 0.5) is 0 Å². The zero-order valence-electron chi connectivity index (χ0n) is 11.2. The predicted octanol–water partition coefficient (Wildman–Crippen LogP) is 3.53. The predicted molar refractivity (Wildman–Crippen MR) is 74.0 cm³/mol. The molecule has 1 aliphatic heterocycles. The number of benzene rings is 2. The van der Waals surface area contributed by atoms with Gasteiger partial charge in [-0.25, -0.2) is 0 Å². The summed E-state index contributed by atoms with van der Waals surface area (Å²) in [6.07, 6.45) is 0. The molecule has 2 aromatic carbocycles. The van der Waals surface area contributed by atoms with E-state index in [1.807, 2.05) is 0 Å². The average molecular weight is 252 g/mol. The van der Waals surface area contributed by atoms with Crippen molar-refractivity contribution in [2.45, 2.75) is 19.6 Å². The van der Waals surface area contributed by atoms with E-state index in [-0.39, 0.29) is 0 Å². The summed E-state index contributed by atoms with van der Waals surface area (Å²) >= 11 is 0.